The molecule has 104 valence electrons. The summed E-state index contributed by atoms with van der Waals surface area (Å²) < 4.78 is 5.46. The van der Waals surface area contributed by atoms with Crippen molar-refractivity contribution in [3.8, 4) is 0 Å². The molecule has 1 aromatic rings. The minimum absolute atomic E-state index is 0.185. The molecular weight excluding hydrogens is 296 g/mol. The van der Waals surface area contributed by atoms with Gasteiger partial charge in [0, 0.05) is 11.5 Å². The number of aryl methyl sites for hydroxylation is 2. The van der Waals surface area contributed by atoms with Gasteiger partial charge in [0.2, 0.25) is 0 Å². The Morgan fingerprint density at radius 3 is 2.68 bits per heavy atom. The second-order valence-electron chi connectivity index (χ2n) is 4.14. The number of benzene rings is 1. The van der Waals surface area contributed by atoms with Crippen molar-refractivity contribution in [1.29, 1.82) is 0 Å². The predicted molar refractivity (Wildman–Crippen MR) is 88.9 cm³/mol. The molecule has 0 saturated carbocycles. The fourth-order valence-electron chi connectivity index (χ4n) is 1.51. The molecule has 0 aliphatic rings. The molecule has 0 heterocycles. The van der Waals surface area contributed by atoms with E-state index in [0.29, 0.717) is 12.2 Å². The topological polar surface area (TPSA) is 26.3 Å². The van der Waals surface area contributed by atoms with Crippen LogP contribution >= 0.6 is 35.7 Å². The summed E-state index contributed by atoms with van der Waals surface area (Å²) in [5.41, 5.74) is 3.89. The summed E-state index contributed by atoms with van der Waals surface area (Å²) in [6, 6.07) is 6.46. The molecule has 0 fully saturated rings. The van der Waals surface area contributed by atoms with E-state index in [1.54, 1.807) is 23.5 Å². The minimum atomic E-state index is -0.185. The van der Waals surface area contributed by atoms with Crippen molar-refractivity contribution in [2.45, 2.75) is 26.0 Å². The van der Waals surface area contributed by atoms with Crippen molar-refractivity contribution in [3.05, 3.63) is 34.9 Å². The van der Waals surface area contributed by atoms with Crippen LogP contribution in [0.2, 0.25) is 0 Å². The van der Waals surface area contributed by atoms with Crippen LogP contribution in [0.5, 0.6) is 0 Å². The minimum Gasteiger partial charge on any atom is -0.469 e. The largest absolute Gasteiger partial charge is 0.469 e. The number of thiocarbonyl (C=S) groups is 1. The highest BCUT2D eigenvalue weighted by Gasteiger charge is 2.05. The lowest BCUT2D eigenvalue weighted by Gasteiger charge is -2.07. The van der Waals surface area contributed by atoms with Gasteiger partial charge in [-0.2, -0.15) is 0 Å². The summed E-state index contributed by atoms with van der Waals surface area (Å²) in [4.78, 5) is 11.0. The van der Waals surface area contributed by atoms with Gasteiger partial charge in [-0.15, -0.1) is 23.5 Å². The lowest BCUT2D eigenvalue weighted by molar-refractivity contribution is -0.140. The molecule has 0 aliphatic carbocycles. The van der Waals surface area contributed by atoms with Gasteiger partial charge >= 0.3 is 5.97 Å². The third kappa shape index (κ3) is 6.45. The SMILES string of the molecule is COC(=O)CCSC(=S)SCc1ccc(C)cc1C. The van der Waals surface area contributed by atoms with E-state index in [9.17, 15) is 4.79 Å². The molecule has 0 atom stereocenters. The van der Waals surface area contributed by atoms with Crippen LogP contribution in [0, 0.1) is 13.8 Å². The zero-order valence-corrected chi connectivity index (χ0v) is 13.8. The second-order valence-corrected chi connectivity index (χ2v) is 7.42. The molecule has 0 saturated heterocycles. The van der Waals surface area contributed by atoms with Gasteiger partial charge in [-0.1, -0.05) is 36.0 Å². The Bertz CT molecular complexity index is 458. The van der Waals surface area contributed by atoms with Crippen LogP contribution in [0.3, 0.4) is 0 Å². The van der Waals surface area contributed by atoms with Crippen molar-refractivity contribution in [2.24, 2.45) is 0 Å². The van der Waals surface area contributed by atoms with E-state index in [2.05, 4.69) is 36.8 Å². The number of ether oxygens (including phenoxy) is 1. The highest BCUT2D eigenvalue weighted by molar-refractivity contribution is 8.46. The molecule has 0 amide bonds. The Labute approximate surface area is 128 Å². The normalized spacial score (nSPS) is 10.3. The van der Waals surface area contributed by atoms with Crippen LogP contribution in [-0.4, -0.2) is 22.4 Å². The number of carbonyl (C=O) groups excluding carboxylic acids is 1. The Morgan fingerprint density at radius 2 is 2.05 bits per heavy atom. The van der Waals surface area contributed by atoms with Crippen molar-refractivity contribution in [2.75, 3.05) is 12.9 Å². The van der Waals surface area contributed by atoms with E-state index in [1.165, 1.54) is 23.8 Å². The Morgan fingerprint density at radius 1 is 1.32 bits per heavy atom. The van der Waals surface area contributed by atoms with Crippen LogP contribution in [0.1, 0.15) is 23.1 Å². The first-order chi connectivity index (χ1) is 9.02. The first-order valence-electron chi connectivity index (χ1n) is 5.95. The maximum absolute atomic E-state index is 11.0. The number of hydrogen-bond acceptors (Lipinski definition) is 5. The smallest absolute Gasteiger partial charge is 0.306 e. The van der Waals surface area contributed by atoms with Crippen molar-refractivity contribution in [3.63, 3.8) is 0 Å². The zero-order valence-electron chi connectivity index (χ0n) is 11.4. The van der Waals surface area contributed by atoms with E-state index in [4.69, 9.17) is 12.2 Å². The summed E-state index contributed by atoms with van der Waals surface area (Å²) >= 11 is 8.48. The van der Waals surface area contributed by atoms with Gasteiger partial charge in [0.1, 0.15) is 3.53 Å². The lowest BCUT2D eigenvalue weighted by atomic mass is 10.1. The van der Waals surface area contributed by atoms with E-state index in [0.717, 1.165) is 9.28 Å². The van der Waals surface area contributed by atoms with Gasteiger partial charge < -0.3 is 4.74 Å². The first kappa shape index (κ1) is 16.5. The number of methoxy groups -OCH3 is 1. The highest BCUT2D eigenvalue weighted by Crippen LogP contribution is 2.24. The molecule has 0 N–H and O–H groups in total. The maximum Gasteiger partial charge on any atom is 0.306 e. The number of rotatable bonds is 5. The van der Waals surface area contributed by atoms with Gasteiger partial charge in [0.15, 0.2) is 0 Å². The summed E-state index contributed by atoms with van der Waals surface area (Å²) in [6.07, 6.45) is 0.408. The van der Waals surface area contributed by atoms with Gasteiger partial charge in [-0.25, -0.2) is 0 Å². The fourth-order valence-corrected chi connectivity index (χ4v) is 3.73. The Balaban J connectivity index is 2.32. The Kier molecular flexibility index (Phi) is 7.49. The predicted octanol–water partition coefficient (Wildman–Crippen LogP) is 4.12. The number of esters is 1. The third-order valence-electron chi connectivity index (χ3n) is 2.60. The molecule has 1 aromatic carbocycles. The summed E-state index contributed by atoms with van der Waals surface area (Å²) in [6.45, 7) is 4.22. The molecule has 0 bridgehead atoms. The second kappa shape index (κ2) is 8.61. The summed E-state index contributed by atoms with van der Waals surface area (Å²) in [7, 11) is 1.40. The summed E-state index contributed by atoms with van der Waals surface area (Å²) in [5.74, 6) is 1.39. The molecule has 1 rings (SSSR count). The quantitative estimate of drug-likeness (QED) is 0.602. The standard InChI is InChI=1S/C14H18O2S3/c1-10-4-5-12(11(2)8-10)9-19-14(17)18-7-6-13(15)16-3/h4-5,8H,6-7,9H2,1-3H3. The van der Waals surface area contributed by atoms with Gasteiger partial charge in [0.25, 0.3) is 0 Å². The van der Waals surface area contributed by atoms with E-state index in [1.807, 2.05) is 0 Å². The molecule has 5 heteroatoms. The fraction of sp³-hybridized carbons (Fsp3) is 0.429. The van der Waals surface area contributed by atoms with Crippen LogP contribution in [-0.2, 0) is 15.3 Å². The molecule has 0 radical (unpaired) electrons. The number of carbonyl (C=O) groups is 1. The van der Waals surface area contributed by atoms with Gasteiger partial charge in [-0.05, 0) is 25.0 Å². The molecular formula is C14H18O2S3. The first-order valence-corrected chi connectivity index (χ1v) is 8.33. The van der Waals surface area contributed by atoms with E-state index in [-0.39, 0.29) is 5.97 Å². The molecule has 0 aromatic heterocycles. The molecule has 19 heavy (non-hydrogen) atoms. The summed E-state index contributed by atoms with van der Waals surface area (Å²) in [5, 5.41) is 0. The average molecular weight is 314 g/mol. The van der Waals surface area contributed by atoms with E-state index < -0.39 is 0 Å². The maximum atomic E-state index is 11.0. The molecule has 0 aliphatic heterocycles. The van der Waals surface area contributed by atoms with Crippen LogP contribution in [0.15, 0.2) is 18.2 Å². The molecule has 2 nitrogen and oxygen atoms in total. The zero-order chi connectivity index (χ0) is 14.3. The highest BCUT2D eigenvalue weighted by atomic mass is 32.2. The van der Waals surface area contributed by atoms with Crippen LogP contribution < -0.4 is 0 Å². The Hall–Kier alpha value is -0.520. The van der Waals surface area contributed by atoms with Crippen molar-refractivity contribution in [1.82, 2.24) is 0 Å². The van der Waals surface area contributed by atoms with Crippen LogP contribution in [0.4, 0.5) is 0 Å². The van der Waals surface area contributed by atoms with Crippen molar-refractivity contribution >= 4 is 45.2 Å². The van der Waals surface area contributed by atoms with Crippen LogP contribution in [0.25, 0.3) is 0 Å². The lowest BCUT2D eigenvalue weighted by Crippen LogP contribution is -2.01. The molecule has 0 spiro atoms. The molecule has 0 unspecified atom stereocenters. The average Bonchev–Trinajstić information content (AvgIpc) is 2.37. The van der Waals surface area contributed by atoms with Gasteiger partial charge in [0.05, 0.1) is 13.5 Å². The third-order valence-corrected chi connectivity index (χ3v) is 5.35. The van der Waals surface area contributed by atoms with Crippen molar-refractivity contribution < 1.29 is 9.53 Å². The monoisotopic (exact) mass is 314 g/mol. The van der Waals surface area contributed by atoms with Gasteiger partial charge in [-0.3, -0.25) is 4.79 Å². The number of thioether (sulfide) groups is 2. The van der Waals surface area contributed by atoms with E-state index >= 15 is 0 Å². The number of hydrogen-bond donors (Lipinski definition) is 0.